The summed E-state index contributed by atoms with van der Waals surface area (Å²) < 4.78 is 2.12. The van der Waals surface area contributed by atoms with Gasteiger partial charge in [-0.2, -0.15) is 0 Å². The molecule has 0 fully saturated rings. The van der Waals surface area contributed by atoms with Gasteiger partial charge in [-0.05, 0) is 33.3 Å². The number of nitrogen functional groups attached to an aromatic ring is 1. The molecule has 0 bridgehead atoms. The average Bonchev–Trinajstić information content (AvgIpc) is 2.67. The van der Waals surface area contributed by atoms with Crippen molar-refractivity contribution in [2.75, 3.05) is 5.73 Å². The van der Waals surface area contributed by atoms with Crippen LogP contribution in [0.1, 0.15) is 39.9 Å². The lowest BCUT2D eigenvalue weighted by molar-refractivity contribution is 0.387. The maximum absolute atomic E-state index is 6.36. The van der Waals surface area contributed by atoms with Crippen LogP contribution in [0.5, 0.6) is 0 Å². The molecule has 2 aromatic rings. The Morgan fingerprint density at radius 2 is 1.90 bits per heavy atom. The zero-order chi connectivity index (χ0) is 14.9. The monoisotopic (exact) mass is 291 g/mol. The zero-order valence-corrected chi connectivity index (χ0v) is 13.3. The number of nitrogens with zero attached hydrogens (tertiary/aromatic N) is 2. The number of imidazole rings is 1. The highest BCUT2D eigenvalue weighted by Gasteiger charge is 2.24. The van der Waals surface area contributed by atoms with Crippen LogP contribution in [0.3, 0.4) is 0 Å². The van der Waals surface area contributed by atoms with E-state index in [4.69, 9.17) is 22.3 Å². The molecule has 1 heterocycles. The van der Waals surface area contributed by atoms with Gasteiger partial charge in [0.15, 0.2) is 0 Å². The van der Waals surface area contributed by atoms with E-state index in [9.17, 15) is 0 Å². The molecule has 0 atom stereocenters. The van der Waals surface area contributed by atoms with Gasteiger partial charge in [0.05, 0.1) is 5.02 Å². The molecule has 0 radical (unpaired) electrons. The summed E-state index contributed by atoms with van der Waals surface area (Å²) in [6.07, 6.45) is 1.94. The molecule has 0 amide bonds. The number of halogens is 1. The minimum Gasteiger partial charge on any atom is -0.383 e. The first-order valence-electron chi connectivity index (χ1n) is 6.98. The number of aromatic nitrogens is 2. The normalized spacial score (nSPS) is 11.8. The van der Waals surface area contributed by atoms with Gasteiger partial charge >= 0.3 is 0 Å². The average molecular weight is 292 g/mol. The Hall–Kier alpha value is -1.48. The fourth-order valence-corrected chi connectivity index (χ4v) is 2.70. The van der Waals surface area contributed by atoms with E-state index in [-0.39, 0.29) is 5.54 Å². The third-order valence-electron chi connectivity index (χ3n) is 3.26. The van der Waals surface area contributed by atoms with Gasteiger partial charge in [-0.25, -0.2) is 4.98 Å². The van der Waals surface area contributed by atoms with E-state index in [0.29, 0.717) is 10.8 Å². The molecular weight excluding hydrogens is 270 g/mol. The van der Waals surface area contributed by atoms with E-state index < -0.39 is 0 Å². The molecule has 0 unspecified atom stereocenters. The zero-order valence-electron chi connectivity index (χ0n) is 12.6. The standard InChI is InChI=1S/C16H22ClN3/c1-5-8-13-19-14(11-9-6-7-10-12(11)17)15(18)20(13)16(2,3)4/h6-7,9-10H,5,8,18H2,1-4H3. The lowest BCUT2D eigenvalue weighted by Gasteiger charge is -2.25. The molecule has 0 aliphatic heterocycles. The van der Waals surface area contributed by atoms with Gasteiger partial charge in [0, 0.05) is 17.5 Å². The third-order valence-corrected chi connectivity index (χ3v) is 3.59. The molecule has 2 N–H and O–H groups in total. The smallest absolute Gasteiger partial charge is 0.132 e. The van der Waals surface area contributed by atoms with Crippen molar-refractivity contribution in [3.05, 3.63) is 35.1 Å². The Labute approximate surface area is 125 Å². The van der Waals surface area contributed by atoms with Crippen molar-refractivity contribution in [2.45, 2.75) is 46.1 Å². The van der Waals surface area contributed by atoms with Gasteiger partial charge in [0.25, 0.3) is 0 Å². The fraction of sp³-hybridized carbons (Fsp3) is 0.438. The molecule has 0 saturated carbocycles. The van der Waals surface area contributed by atoms with Crippen molar-refractivity contribution in [1.29, 1.82) is 0 Å². The summed E-state index contributed by atoms with van der Waals surface area (Å²) >= 11 is 6.28. The van der Waals surface area contributed by atoms with Crippen molar-refractivity contribution in [3.8, 4) is 11.3 Å². The Balaban J connectivity index is 2.65. The molecule has 0 aliphatic rings. The largest absolute Gasteiger partial charge is 0.383 e. The first-order valence-corrected chi connectivity index (χ1v) is 7.36. The van der Waals surface area contributed by atoms with E-state index in [1.54, 1.807) is 0 Å². The number of aryl methyl sites for hydroxylation is 1. The molecule has 3 nitrogen and oxygen atoms in total. The molecule has 0 aliphatic carbocycles. The second-order valence-corrected chi connectivity index (χ2v) is 6.41. The van der Waals surface area contributed by atoms with E-state index in [2.05, 4.69) is 32.3 Å². The highest BCUT2D eigenvalue weighted by Crippen LogP contribution is 2.35. The highest BCUT2D eigenvalue weighted by molar-refractivity contribution is 6.33. The Morgan fingerprint density at radius 1 is 1.25 bits per heavy atom. The molecule has 20 heavy (non-hydrogen) atoms. The number of nitrogens with two attached hydrogens (primary N) is 1. The van der Waals surface area contributed by atoms with Crippen LogP contribution in [0.4, 0.5) is 5.82 Å². The first-order chi connectivity index (χ1) is 9.36. The Bertz CT molecular complexity index is 609. The number of hydrogen-bond donors (Lipinski definition) is 1. The lowest BCUT2D eigenvalue weighted by Crippen LogP contribution is -2.25. The SMILES string of the molecule is CCCc1nc(-c2ccccc2Cl)c(N)n1C(C)(C)C. The van der Waals surface area contributed by atoms with Gasteiger partial charge in [-0.1, -0.05) is 36.7 Å². The van der Waals surface area contributed by atoms with E-state index in [1.807, 2.05) is 24.3 Å². The second kappa shape index (κ2) is 5.49. The number of anilines is 1. The molecule has 2 rings (SSSR count). The van der Waals surface area contributed by atoms with E-state index >= 15 is 0 Å². The molecular formula is C16H22ClN3. The van der Waals surface area contributed by atoms with Crippen LogP contribution in [0.15, 0.2) is 24.3 Å². The summed E-state index contributed by atoms with van der Waals surface area (Å²) in [6.45, 7) is 8.56. The summed E-state index contributed by atoms with van der Waals surface area (Å²) in [5, 5.41) is 0.681. The topological polar surface area (TPSA) is 43.8 Å². The van der Waals surface area contributed by atoms with Gasteiger partial charge < -0.3 is 10.3 Å². The van der Waals surface area contributed by atoms with Crippen molar-refractivity contribution < 1.29 is 0 Å². The van der Waals surface area contributed by atoms with Crippen LogP contribution in [-0.2, 0) is 12.0 Å². The van der Waals surface area contributed by atoms with Crippen molar-refractivity contribution in [3.63, 3.8) is 0 Å². The second-order valence-electron chi connectivity index (χ2n) is 6.00. The molecule has 0 saturated heterocycles. The maximum Gasteiger partial charge on any atom is 0.132 e. The first kappa shape index (κ1) is 14.9. The lowest BCUT2D eigenvalue weighted by atomic mass is 10.1. The number of benzene rings is 1. The van der Waals surface area contributed by atoms with Crippen LogP contribution in [0, 0.1) is 0 Å². The van der Waals surface area contributed by atoms with Crippen LogP contribution >= 0.6 is 11.6 Å². The summed E-state index contributed by atoms with van der Waals surface area (Å²) in [6, 6.07) is 7.70. The van der Waals surface area contributed by atoms with Gasteiger partial charge in [0.2, 0.25) is 0 Å². The van der Waals surface area contributed by atoms with E-state index in [1.165, 1.54) is 0 Å². The third kappa shape index (κ3) is 2.68. The van der Waals surface area contributed by atoms with Crippen molar-refractivity contribution >= 4 is 17.4 Å². The predicted molar refractivity (Wildman–Crippen MR) is 86.1 cm³/mol. The van der Waals surface area contributed by atoms with Crippen LogP contribution in [-0.4, -0.2) is 9.55 Å². The summed E-state index contributed by atoms with van der Waals surface area (Å²) in [7, 11) is 0. The van der Waals surface area contributed by atoms with Crippen LogP contribution < -0.4 is 5.73 Å². The van der Waals surface area contributed by atoms with Crippen molar-refractivity contribution in [2.24, 2.45) is 0 Å². The van der Waals surface area contributed by atoms with Gasteiger partial charge in [-0.3, -0.25) is 0 Å². The maximum atomic E-state index is 6.36. The van der Waals surface area contributed by atoms with Crippen molar-refractivity contribution in [1.82, 2.24) is 9.55 Å². The molecule has 108 valence electrons. The van der Waals surface area contributed by atoms with Crippen LogP contribution in [0.25, 0.3) is 11.3 Å². The van der Waals surface area contributed by atoms with Gasteiger partial charge in [-0.15, -0.1) is 0 Å². The quantitative estimate of drug-likeness (QED) is 0.905. The molecule has 4 heteroatoms. The molecule has 1 aromatic heterocycles. The minimum atomic E-state index is -0.0961. The number of hydrogen-bond acceptors (Lipinski definition) is 2. The summed E-state index contributed by atoms with van der Waals surface area (Å²) in [5.74, 6) is 1.71. The predicted octanol–water partition coefficient (Wildman–Crippen LogP) is 4.49. The Morgan fingerprint density at radius 3 is 2.45 bits per heavy atom. The minimum absolute atomic E-state index is 0.0961. The van der Waals surface area contributed by atoms with E-state index in [0.717, 1.165) is 29.9 Å². The Kier molecular flexibility index (Phi) is 4.09. The molecule has 1 aromatic carbocycles. The summed E-state index contributed by atoms with van der Waals surface area (Å²) in [4.78, 5) is 4.75. The molecule has 0 spiro atoms. The fourth-order valence-electron chi connectivity index (χ4n) is 2.47. The van der Waals surface area contributed by atoms with Gasteiger partial charge in [0.1, 0.15) is 17.3 Å². The summed E-state index contributed by atoms with van der Waals surface area (Å²) in [5.41, 5.74) is 7.95. The highest BCUT2D eigenvalue weighted by atomic mass is 35.5. The number of rotatable bonds is 3. The van der Waals surface area contributed by atoms with Crippen LogP contribution in [0.2, 0.25) is 5.02 Å².